The van der Waals surface area contributed by atoms with Gasteiger partial charge >= 0.3 is 0 Å². The number of anilines is 1. The number of halogens is 2. The number of aryl methyl sites for hydroxylation is 1. The standard InChI is InChI=1S/C21H26F2N4/c1-5-14(3)25-15(4)17-11-16-7-6-13(2)10-18(16)26-20(17)27-9-8-21(22,23)19(24)12-27/h5-7,10-11,19,25H,4,8-9,12,24H2,1-3H3/b14-5+. The van der Waals surface area contributed by atoms with Gasteiger partial charge in [0.25, 0.3) is 5.92 Å². The molecule has 1 atom stereocenters. The van der Waals surface area contributed by atoms with Crippen LogP contribution in [0.4, 0.5) is 14.6 Å². The third-order valence-electron chi connectivity index (χ3n) is 5.03. The van der Waals surface area contributed by atoms with Crippen molar-refractivity contribution in [2.24, 2.45) is 5.73 Å². The highest BCUT2D eigenvalue weighted by Gasteiger charge is 2.42. The van der Waals surface area contributed by atoms with E-state index >= 15 is 0 Å². The van der Waals surface area contributed by atoms with Crippen LogP contribution >= 0.6 is 0 Å². The lowest BCUT2D eigenvalue weighted by molar-refractivity contribution is -0.0394. The molecule has 1 saturated heterocycles. The van der Waals surface area contributed by atoms with E-state index in [0.717, 1.165) is 27.7 Å². The molecule has 3 rings (SSSR count). The highest BCUT2D eigenvalue weighted by Crippen LogP contribution is 2.34. The molecule has 0 bridgehead atoms. The molecule has 0 saturated carbocycles. The zero-order valence-electron chi connectivity index (χ0n) is 16.0. The number of fused-ring (bicyclic) bond motifs is 1. The predicted molar refractivity (Wildman–Crippen MR) is 108 cm³/mol. The molecule has 1 aromatic heterocycles. The Morgan fingerprint density at radius 1 is 1.41 bits per heavy atom. The van der Waals surface area contributed by atoms with Crippen LogP contribution in [-0.4, -0.2) is 30.0 Å². The first kappa shape index (κ1) is 19.3. The second-order valence-corrected chi connectivity index (χ2v) is 7.19. The maximum atomic E-state index is 13.9. The molecule has 1 unspecified atom stereocenters. The first-order valence-corrected chi connectivity index (χ1v) is 9.10. The average Bonchev–Trinajstić information content (AvgIpc) is 2.62. The molecule has 4 nitrogen and oxygen atoms in total. The van der Waals surface area contributed by atoms with Crippen LogP contribution in [0.5, 0.6) is 0 Å². The summed E-state index contributed by atoms with van der Waals surface area (Å²) in [4.78, 5) is 6.65. The van der Waals surface area contributed by atoms with Crippen LogP contribution in [0.25, 0.3) is 16.6 Å². The van der Waals surface area contributed by atoms with Gasteiger partial charge in [0.15, 0.2) is 0 Å². The molecule has 3 N–H and O–H groups in total. The molecule has 2 heterocycles. The first-order valence-electron chi connectivity index (χ1n) is 9.10. The van der Waals surface area contributed by atoms with Crippen molar-refractivity contribution in [3.05, 3.63) is 53.7 Å². The number of hydrogen-bond acceptors (Lipinski definition) is 4. The van der Waals surface area contributed by atoms with Gasteiger partial charge in [0.1, 0.15) is 5.82 Å². The van der Waals surface area contributed by atoms with Crippen molar-refractivity contribution >= 4 is 22.4 Å². The summed E-state index contributed by atoms with van der Waals surface area (Å²) in [6, 6.07) is 6.82. The van der Waals surface area contributed by atoms with Gasteiger partial charge < -0.3 is 16.0 Å². The molecule has 1 aromatic carbocycles. The Hall–Kier alpha value is -2.47. The van der Waals surface area contributed by atoms with Gasteiger partial charge in [0, 0.05) is 41.9 Å². The van der Waals surface area contributed by atoms with E-state index in [1.807, 2.05) is 56.0 Å². The molecule has 0 spiro atoms. The number of nitrogens with two attached hydrogens (primary N) is 1. The second kappa shape index (κ2) is 7.27. The van der Waals surface area contributed by atoms with Crippen LogP contribution in [-0.2, 0) is 0 Å². The molecule has 0 aliphatic carbocycles. The lowest BCUT2D eigenvalue weighted by atomic mass is 10.0. The minimum atomic E-state index is -2.85. The van der Waals surface area contributed by atoms with Crippen LogP contribution in [0.1, 0.15) is 31.4 Å². The molecule has 144 valence electrons. The molecule has 0 radical (unpaired) electrons. The molecule has 1 aliphatic heterocycles. The maximum Gasteiger partial charge on any atom is 0.266 e. The maximum absolute atomic E-state index is 13.9. The number of benzene rings is 1. The molecule has 1 aliphatic rings. The lowest BCUT2D eigenvalue weighted by Crippen LogP contribution is -2.55. The molecule has 27 heavy (non-hydrogen) atoms. The smallest absolute Gasteiger partial charge is 0.266 e. The summed E-state index contributed by atoms with van der Waals surface area (Å²) in [5.74, 6) is -2.21. The van der Waals surface area contributed by atoms with Crippen LogP contribution in [0.2, 0.25) is 0 Å². The third-order valence-corrected chi connectivity index (χ3v) is 5.03. The molecule has 1 fully saturated rings. The van der Waals surface area contributed by atoms with Gasteiger partial charge in [0.05, 0.1) is 11.6 Å². The van der Waals surface area contributed by atoms with Crippen molar-refractivity contribution in [3.8, 4) is 0 Å². The monoisotopic (exact) mass is 372 g/mol. The summed E-state index contributed by atoms with van der Waals surface area (Å²) < 4.78 is 27.7. The number of nitrogens with one attached hydrogen (secondary N) is 1. The Labute approximate surface area is 158 Å². The van der Waals surface area contributed by atoms with E-state index in [0.29, 0.717) is 11.5 Å². The molecular formula is C21H26F2N4. The van der Waals surface area contributed by atoms with Crippen molar-refractivity contribution in [1.29, 1.82) is 0 Å². The minimum Gasteiger partial charge on any atom is -0.359 e. The number of allylic oxidation sites excluding steroid dienone is 2. The Bertz CT molecular complexity index is 904. The Balaban J connectivity index is 2.07. The number of aromatic nitrogens is 1. The summed E-state index contributed by atoms with van der Waals surface area (Å²) in [6.45, 7) is 10.3. The summed E-state index contributed by atoms with van der Waals surface area (Å²) in [5, 5.41) is 4.23. The van der Waals surface area contributed by atoms with Crippen LogP contribution < -0.4 is 16.0 Å². The minimum absolute atomic E-state index is 0.0558. The number of nitrogens with zero attached hydrogens (tertiary/aromatic N) is 2. The summed E-state index contributed by atoms with van der Waals surface area (Å²) in [7, 11) is 0. The van der Waals surface area contributed by atoms with E-state index in [1.54, 1.807) is 0 Å². The van der Waals surface area contributed by atoms with Crippen molar-refractivity contribution in [3.63, 3.8) is 0 Å². The van der Waals surface area contributed by atoms with Crippen LogP contribution in [0, 0.1) is 6.92 Å². The van der Waals surface area contributed by atoms with E-state index in [9.17, 15) is 8.78 Å². The normalized spacial score (nSPS) is 20.0. The summed E-state index contributed by atoms with van der Waals surface area (Å²) in [6.07, 6.45) is 1.66. The molecule has 6 heteroatoms. The van der Waals surface area contributed by atoms with E-state index in [4.69, 9.17) is 10.7 Å². The SMILES string of the molecule is C=C(N/C(C)=C/C)c1cc2ccc(C)cc2nc1N1CCC(F)(F)C(N)C1. The highest BCUT2D eigenvalue weighted by atomic mass is 19.3. The van der Waals surface area contributed by atoms with Crippen LogP contribution in [0.3, 0.4) is 0 Å². The van der Waals surface area contributed by atoms with Crippen molar-refractivity contribution < 1.29 is 8.78 Å². The highest BCUT2D eigenvalue weighted by molar-refractivity contribution is 5.87. The van der Waals surface area contributed by atoms with Gasteiger partial charge in [-0.15, -0.1) is 0 Å². The van der Waals surface area contributed by atoms with E-state index < -0.39 is 12.0 Å². The fourth-order valence-corrected chi connectivity index (χ4v) is 3.23. The third kappa shape index (κ3) is 3.95. The Morgan fingerprint density at radius 2 is 2.15 bits per heavy atom. The van der Waals surface area contributed by atoms with Gasteiger partial charge in [0.2, 0.25) is 0 Å². The summed E-state index contributed by atoms with van der Waals surface area (Å²) >= 11 is 0. The average molecular weight is 372 g/mol. The molecule has 0 amide bonds. The van der Waals surface area contributed by atoms with Crippen molar-refractivity contribution in [1.82, 2.24) is 10.3 Å². The van der Waals surface area contributed by atoms with E-state index in [-0.39, 0.29) is 19.5 Å². The Kier molecular flexibility index (Phi) is 5.20. The number of pyridine rings is 1. The fraction of sp³-hybridized carbons (Fsp3) is 0.381. The second-order valence-electron chi connectivity index (χ2n) is 7.19. The summed E-state index contributed by atoms with van der Waals surface area (Å²) in [5.41, 5.74) is 10.1. The topological polar surface area (TPSA) is 54.2 Å². The Morgan fingerprint density at radius 3 is 2.81 bits per heavy atom. The number of hydrogen-bond donors (Lipinski definition) is 2. The fourth-order valence-electron chi connectivity index (χ4n) is 3.23. The number of rotatable bonds is 4. The zero-order chi connectivity index (χ0) is 19.8. The predicted octanol–water partition coefficient (Wildman–Crippen LogP) is 4.20. The van der Waals surface area contributed by atoms with Gasteiger partial charge in [-0.25, -0.2) is 13.8 Å². The number of alkyl halides is 2. The van der Waals surface area contributed by atoms with E-state index in [1.165, 1.54) is 0 Å². The largest absolute Gasteiger partial charge is 0.359 e. The van der Waals surface area contributed by atoms with Gasteiger partial charge in [-0.2, -0.15) is 0 Å². The molecular weight excluding hydrogens is 346 g/mol. The lowest BCUT2D eigenvalue weighted by Gasteiger charge is -2.38. The first-order chi connectivity index (χ1) is 12.7. The quantitative estimate of drug-likeness (QED) is 0.845. The van der Waals surface area contributed by atoms with Gasteiger partial charge in [-0.1, -0.05) is 24.8 Å². The van der Waals surface area contributed by atoms with Gasteiger partial charge in [-0.3, -0.25) is 0 Å². The number of piperidine rings is 1. The van der Waals surface area contributed by atoms with Crippen LogP contribution in [0.15, 0.2) is 42.6 Å². The van der Waals surface area contributed by atoms with E-state index in [2.05, 4.69) is 11.9 Å². The zero-order valence-corrected chi connectivity index (χ0v) is 16.0. The van der Waals surface area contributed by atoms with Crippen molar-refractivity contribution in [2.45, 2.75) is 39.2 Å². The molecule has 2 aromatic rings. The van der Waals surface area contributed by atoms with Crippen molar-refractivity contribution in [2.75, 3.05) is 18.0 Å². The van der Waals surface area contributed by atoms with Gasteiger partial charge in [-0.05, 0) is 38.5 Å².